The minimum absolute atomic E-state index is 0.206. The molecule has 1 aromatic rings. The molecule has 0 aromatic heterocycles. The molecule has 0 atom stereocenters. The van der Waals surface area contributed by atoms with Crippen molar-refractivity contribution in [2.24, 2.45) is 4.40 Å². The van der Waals surface area contributed by atoms with Gasteiger partial charge in [0.05, 0.1) is 0 Å². The van der Waals surface area contributed by atoms with Gasteiger partial charge in [-0.2, -0.15) is 0 Å². The van der Waals surface area contributed by atoms with Crippen molar-refractivity contribution < 1.29 is 0 Å². The first-order chi connectivity index (χ1) is 6.97. The van der Waals surface area contributed by atoms with Gasteiger partial charge in [0.2, 0.25) is 0 Å². The first kappa shape index (κ1) is 12.3. The maximum atomic E-state index is 4.52. The lowest BCUT2D eigenvalue weighted by Gasteiger charge is -2.13. The van der Waals surface area contributed by atoms with Gasteiger partial charge >= 0.3 is 0 Å². The number of hydrogen-bond donors (Lipinski definition) is 0. The summed E-state index contributed by atoms with van der Waals surface area (Å²) >= 11 is 1.65. The highest BCUT2D eigenvalue weighted by atomic mass is 32.2. The van der Waals surface area contributed by atoms with Gasteiger partial charge in [0.25, 0.3) is 0 Å². The van der Waals surface area contributed by atoms with Crippen molar-refractivity contribution >= 4 is 17.7 Å². The molecule has 0 saturated heterocycles. The van der Waals surface area contributed by atoms with Gasteiger partial charge in [-0.15, -0.1) is 0 Å². The van der Waals surface area contributed by atoms with Crippen molar-refractivity contribution in [1.29, 1.82) is 0 Å². The lowest BCUT2D eigenvalue weighted by atomic mass is 10.1. The number of nitrogens with zero attached hydrogens (tertiary/aromatic N) is 1. The van der Waals surface area contributed by atoms with Gasteiger partial charge in [-0.25, -0.2) is 4.40 Å². The predicted octanol–water partition coefficient (Wildman–Crippen LogP) is 4.14. The molecule has 0 aliphatic rings. The maximum absolute atomic E-state index is 4.52. The Labute approximate surface area is 97.1 Å². The van der Waals surface area contributed by atoms with E-state index in [9.17, 15) is 0 Å². The molecule has 0 bridgehead atoms. The van der Waals surface area contributed by atoms with E-state index in [0.29, 0.717) is 0 Å². The molecule has 0 fully saturated rings. The Morgan fingerprint density at radius 2 is 1.80 bits per heavy atom. The van der Waals surface area contributed by atoms with Crippen molar-refractivity contribution in [3.05, 3.63) is 35.9 Å². The number of rotatable bonds is 3. The van der Waals surface area contributed by atoms with Crippen LogP contribution in [-0.2, 0) is 6.42 Å². The second-order valence-corrected chi connectivity index (χ2v) is 6.28. The van der Waals surface area contributed by atoms with Crippen LogP contribution >= 0.6 is 11.9 Å². The lowest BCUT2D eigenvalue weighted by molar-refractivity contribution is 0.804. The fraction of sp³-hybridized carbons (Fsp3) is 0.462. The molecule has 15 heavy (non-hydrogen) atoms. The van der Waals surface area contributed by atoms with Crippen LogP contribution in [0.2, 0.25) is 0 Å². The zero-order valence-electron chi connectivity index (χ0n) is 9.95. The summed E-state index contributed by atoms with van der Waals surface area (Å²) in [5.41, 5.74) is 2.51. The highest BCUT2D eigenvalue weighted by Crippen LogP contribution is 2.24. The van der Waals surface area contributed by atoms with Gasteiger partial charge < -0.3 is 0 Å². The van der Waals surface area contributed by atoms with Crippen LogP contribution in [0.4, 0.5) is 0 Å². The zero-order valence-corrected chi connectivity index (χ0v) is 10.8. The lowest BCUT2D eigenvalue weighted by Crippen LogP contribution is -2.06. The summed E-state index contributed by atoms with van der Waals surface area (Å²) in [6.07, 6.45) is 0.948. The van der Waals surface area contributed by atoms with E-state index in [4.69, 9.17) is 0 Å². The molecule has 82 valence electrons. The van der Waals surface area contributed by atoms with E-state index >= 15 is 0 Å². The molecule has 0 spiro atoms. The topological polar surface area (TPSA) is 12.4 Å². The summed E-state index contributed by atoms with van der Waals surface area (Å²) in [6.45, 7) is 8.62. The molecule has 0 unspecified atom stereocenters. The van der Waals surface area contributed by atoms with Crippen molar-refractivity contribution in [3.63, 3.8) is 0 Å². The van der Waals surface area contributed by atoms with Crippen LogP contribution in [0.25, 0.3) is 0 Å². The van der Waals surface area contributed by atoms with Crippen LogP contribution in [0, 0.1) is 0 Å². The summed E-state index contributed by atoms with van der Waals surface area (Å²) in [5.74, 6) is 0. The second kappa shape index (κ2) is 5.36. The first-order valence-corrected chi connectivity index (χ1v) is 6.00. The van der Waals surface area contributed by atoms with Crippen LogP contribution < -0.4 is 0 Å². The van der Waals surface area contributed by atoms with E-state index in [1.54, 1.807) is 11.9 Å². The summed E-state index contributed by atoms with van der Waals surface area (Å²) in [5, 5.41) is 0. The monoisotopic (exact) mass is 221 g/mol. The highest BCUT2D eigenvalue weighted by Gasteiger charge is 2.09. The van der Waals surface area contributed by atoms with Crippen LogP contribution in [0.5, 0.6) is 0 Å². The van der Waals surface area contributed by atoms with Gasteiger partial charge in [0.1, 0.15) is 0 Å². The Morgan fingerprint density at radius 3 is 2.33 bits per heavy atom. The molecule has 1 nitrogen and oxygen atoms in total. The molecular formula is C13H19NS. The molecule has 0 amide bonds. The highest BCUT2D eigenvalue weighted by molar-refractivity contribution is 7.99. The summed E-state index contributed by atoms with van der Waals surface area (Å²) < 4.78 is 4.73. The molecule has 0 saturated carbocycles. The molecule has 0 aliphatic carbocycles. The molecule has 0 N–H and O–H groups in total. The van der Waals surface area contributed by atoms with Gasteiger partial charge in [-0.05, 0) is 45.2 Å². The first-order valence-electron chi connectivity index (χ1n) is 5.23. The van der Waals surface area contributed by atoms with Crippen LogP contribution in [0.3, 0.4) is 0 Å². The molecule has 0 radical (unpaired) electrons. The van der Waals surface area contributed by atoms with Gasteiger partial charge in [0.15, 0.2) is 0 Å². The standard InChI is InChI=1S/C13H19NS/c1-11(14-15-13(2,3)4)10-12-8-6-5-7-9-12/h5-9H,10H2,1-4H3. The fourth-order valence-electron chi connectivity index (χ4n) is 1.14. The third kappa shape index (κ3) is 5.63. The van der Waals surface area contributed by atoms with E-state index in [0.717, 1.165) is 6.42 Å². The third-order valence-electron chi connectivity index (χ3n) is 1.78. The molecule has 0 aliphatic heterocycles. The van der Waals surface area contributed by atoms with Crippen molar-refractivity contribution in [2.45, 2.75) is 38.9 Å². The quantitative estimate of drug-likeness (QED) is 0.552. The Hall–Kier alpha value is -0.760. The maximum Gasteiger partial charge on any atom is 0.0294 e. The van der Waals surface area contributed by atoms with Crippen LogP contribution in [-0.4, -0.2) is 10.5 Å². The number of benzene rings is 1. The Morgan fingerprint density at radius 1 is 1.20 bits per heavy atom. The molecular weight excluding hydrogens is 202 g/mol. The minimum Gasteiger partial charge on any atom is -0.225 e. The molecule has 0 heterocycles. The van der Waals surface area contributed by atoms with E-state index in [1.807, 2.05) is 6.07 Å². The van der Waals surface area contributed by atoms with E-state index < -0.39 is 0 Å². The Balaban J connectivity index is 2.53. The smallest absolute Gasteiger partial charge is 0.0294 e. The van der Waals surface area contributed by atoms with Gasteiger partial charge in [0, 0.05) is 16.9 Å². The SMILES string of the molecule is CC(Cc1ccccc1)=NSC(C)(C)C. The zero-order chi connectivity index (χ0) is 11.3. The summed E-state index contributed by atoms with van der Waals surface area (Å²) in [6, 6.07) is 10.5. The summed E-state index contributed by atoms with van der Waals surface area (Å²) in [4.78, 5) is 0. The number of hydrogen-bond acceptors (Lipinski definition) is 2. The summed E-state index contributed by atoms with van der Waals surface area (Å²) in [7, 11) is 0. The second-order valence-electron chi connectivity index (χ2n) is 4.69. The minimum atomic E-state index is 0.206. The van der Waals surface area contributed by atoms with Crippen LogP contribution in [0.15, 0.2) is 34.7 Å². The molecule has 1 rings (SSSR count). The van der Waals surface area contributed by atoms with Gasteiger partial charge in [-0.1, -0.05) is 30.3 Å². The molecule has 2 heteroatoms. The average Bonchev–Trinajstić information content (AvgIpc) is 2.15. The van der Waals surface area contributed by atoms with E-state index in [2.05, 4.69) is 56.4 Å². The van der Waals surface area contributed by atoms with Crippen molar-refractivity contribution in [3.8, 4) is 0 Å². The van der Waals surface area contributed by atoms with E-state index in [-0.39, 0.29) is 4.75 Å². The van der Waals surface area contributed by atoms with Crippen LogP contribution in [0.1, 0.15) is 33.3 Å². The van der Waals surface area contributed by atoms with E-state index in [1.165, 1.54) is 11.3 Å². The van der Waals surface area contributed by atoms with Crippen molar-refractivity contribution in [2.75, 3.05) is 0 Å². The predicted molar refractivity (Wildman–Crippen MR) is 70.6 cm³/mol. The van der Waals surface area contributed by atoms with Crippen molar-refractivity contribution in [1.82, 2.24) is 0 Å². The largest absolute Gasteiger partial charge is 0.225 e. The normalized spacial score (nSPS) is 12.9. The van der Waals surface area contributed by atoms with Gasteiger partial charge in [-0.3, -0.25) is 0 Å². The average molecular weight is 221 g/mol. The Bertz CT molecular complexity index is 322. The fourth-order valence-corrected chi connectivity index (χ4v) is 1.63. The third-order valence-corrected chi connectivity index (χ3v) is 2.73. The molecule has 1 aromatic carbocycles. The Kier molecular flexibility index (Phi) is 4.40.